The van der Waals surface area contributed by atoms with E-state index in [-0.39, 0.29) is 5.82 Å². The summed E-state index contributed by atoms with van der Waals surface area (Å²) in [5.41, 5.74) is 1.01. The molecule has 1 aromatic carbocycles. The molecular weight excluding hydrogens is 267 g/mol. The minimum absolute atomic E-state index is 0.279. The number of rotatable bonds is 5. The van der Waals surface area contributed by atoms with Crippen LogP contribution in [-0.2, 0) is 6.54 Å². The zero-order chi connectivity index (χ0) is 15.4. The highest BCUT2D eigenvalue weighted by molar-refractivity contribution is 5.29. The highest BCUT2D eigenvalue weighted by Crippen LogP contribution is 2.22. The number of methoxy groups -OCH3 is 1. The Hall–Kier alpha value is -1.13. The Morgan fingerprint density at radius 3 is 2.81 bits per heavy atom. The van der Waals surface area contributed by atoms with E-state index in [4.69, 9.17) is 4.74 Å². The van der Waals surface area contributed by atoms with Gasteiger partial charge in [0.15, 0.2) is 11.6 Å². The number of benzene rings is 1. The normalized spacial score (nSPS) is 23.5. The summed E-state index contributed by atoms with van der Waals surface area (Å²) < 4.78 is 18.8. The van der Waals surface area contributed by atoms with Gasteiger partial charge < -0.3 is 10.1 Å². The second kappa shape index (κ2) is 7.23. The van der Waals surface area contributed by atoms with Crippen LogP contribution in [0.3, 0.4) is 0 Å². The summed E-state index contributed by atoms with van der Waals surface area (Å²) in [7, 11) is 1.49. The lowest BCUT2D eigenvalue weighted by Crippen LogP contribution is -2.55. The molecule has 1 fully saturated rings. The maximum absolute atomic E-state index is 13.8. The van der Waals surface area contributed by atoms with Crippen molar-refractivity contribution in [3.05, 3.63) is 29.6 Å². The third-order valence-electron chi connectivity index (χ3n) is 4.07. The van der Waals surface area contributed by atoms with Crippen LogP contribution in [-0.4, -0.2) is 37.2 Å². The van der Waals surface area contributed by atoms with Crippen LogP contribution in [0.1, 0.15) is 32.8 Å². The first kappa shape index (κ1) is 16.2. The van der Waals surface area contributed by atoms with Gasteiger partial charge in [-0.2, -0.15) is 0 Å². The topological polar surface area (TPSA) is 24.5 Å². The Morgan fingerprint density at radius 2 is 2.19 bits per heavy atom. The van der Waals surface area contributed by atoms with Crippen molar-refractivity contribution in [1.29, 1.82) is 0 Å². The molecular formula is C17H27FN2O. The molecule has 0 bridgehead atoms. The van der Waals surface area contributed by atoms with Crippen LogP contribution < -0.4 is 10.1 Å². The van der Waals surface area contributed by atoms with Crippen molar-refractivity contribution in [2.24, 2.45) is 5.92 Å². The van der Waals surface area contributed by atoms with E-state index in [2.05, 4.69) is 31.0 Å². The molecule has 0 saturated carbocycles. The Kier molecular flexibility index (Phi) is 5.59. The molecule has 21 heavy (non-hydrogen) atoms. The summed E-state index contributed by atoms with van der Waals surface area (Å²) in [6.45, 7) is 9.52. The molecule has 0 aromatic heterocycles. The summed E-state index contributed by atoms with van der Waals surface area (Å²) in [6.07, 6.45) is 1.17. The van der Waals surface area contributed by atoms with Gasteiger partial charge in [0, 0.05) is 31.7 Å². The van der Waals surface area contributed by atoms with Gasteiger partial charge in [0.25, 0.3) is 0 Å². The van der Waals surface area contributed by atoms with Crippen molar-refractivity contribution in [1.82, 2.24) is 10.2 Å². The number of hydrogen-bond acceptors (Lipinski definition) is 3. The summed E-state index contributed by atoms with van der Waals surface area (Å²) in [4.78, 5) is 2.47. The van der Waals surface area contributed by atoms with E-state index in [0.29, 0.717) is 23.8 Å². The number of nitrogens with one attached hydrogen (secondary N) is 1. The lowest BCUT2D eigenvalue weighted by atomic mass is 9.98. The standard InChI is InChI=1S/C17H27FN2O/c1-12(2)7-15-9-19-13(3)10-20(15)11-14-5-6-17(21-4)16(18)8-14/h5-6,8,12-13,15,19H,7,9-11H2,1-4H3. The fourth-order valence-electron chi connectivity index (χ4n) is 3.04. The van der Waals surface area contributed by atoms with Crippen LogP contribution >= 0.6 is 0 Å². The molecule has 1 heterocycles. The fraction of sp³-hybridized carbons (Fsp3) is 0.647. The summed E-state index contributed by atoms with van der Waals surface area (Å²) >= 11 is 0. The molecule has 2 rings (SSSR count). The SMILES string of the molecule is COc1ccc(CN2CC(C)NCC2CC(C)C)cc1F. The van der Waals surface area contributed by atoms with E-state index < -0.39 is 0 Å². The molecule has 2 atom stereocenters. The molecule has 2 unspecified atom stereocenters. The molecule has 1 aliphatic rings. The second-order valence-corrected chi connectivity index (χ2v) is 6.49. The zero-order valence-electron chi connectivity index (χ0n) is 13.5. The van der Waals surface area contributed by atoms with Gasteiger partial charge in [-0.3, -0.25) is 4.90 Å². The smallest absolute Gasteiger partial charge is 0.165 e. The van der Waals surface area contributed by atoms with Crippen LogP contribution in [0.4, 0.5) is 4.39 Å². The largest absolute Gasteiger partial charge is 0.494 e. The molecule has 0 spiro atoms. The van der Waals surface area contributed by atoms with Gasteiger partial charge >= 0.3 is 0 Å². The van der Waals surface area contributed by atoms with Gasteiger partial charge in [0.1, 0.15) is 0 Å². The van der Waals surface area contributed by atoms with Gasteiger partial charge in [0.05, 0.1) is 7.11 Å². The molecule has 0 aliphatic carbocycles. The first-order valence-electron chi connectivity index (χ1n) is 7.79. The Morgan fingerprint density at radius 1 is 1.43 bits per heavy atom. The quantitative estimate of drug-likeness (QED) is 0.903. The minimum Gasteiger partial charge on any atom is -0.494 e. The van der Waals surface area contributed by atoms with Gasteiger partial charge in [0.2, 0.25) is 0 Å². The molecule has 4 heteroatoms. The van der Waals surface area contributed by atoms with E-state index in [9.17, 15) is 4.39 Å². The third kappa shape index (κ3) is 4.42. The average Bonchev–Trinajstić information content (AvgIpc) is 2.42. The van der Waals surface area contributed by atoms with Crippen LogP contribution in [0.2, 0.25) is 0 Å². The van der Waals surface area contributed by atoms with E-state index in [1.807, 2.05) is 6.07 Å². The molecule has 1 saturated heterocycles. The number of halogens is 1. The van der Waals surface area contributed by atoms with Gasteiger partial charge in [-0.15, -0.1) is 0 Å². The van der Waals surface area contributed by atoms with Gasteiger partial charge in [-0.1, -0.05) is 19.9 Å². The minimum atomic E-state index is -0.279. The first-order chi connectivity index (χ1) is 9.99. The predicted octanol–water partition coefficient (Wildman–Crippen LogP) is 3.04. The molecule has 3 nitrogen and oxygen atoms in total. The number of nitrogens with zero attached hydrogens (tertiary/aromatic N) is 1. The molecule has 1 aliphatic heterocycles. The zero-order valence-corrected chi connectivity index (χ0v) is 13.5. The van der Waals surface area contributed by atoms with Gasteiger partial charge in [-0.25, -0.2) is 4.39 Å². The number of ether oxygens (including phenoxy) is 1. The molecule has 0 amide bonds. The second-order valence-electron chi connectivity index (χ2n) is 6.49. The Labute approximate surface area is 127 Å². The lowest BCUT2D eigenvalue weighted by molar-refractivity contribution is 0.111. The summed E-state index contributed by atoms with van der Waals surface area (Å²) in [5.74, 6) is 0.699. The highest BCUT2D eigenvalue weighted by Gasteiger charge is 2.26. The molecule has 1 aromatic rings. The van der Waals surface area contributed by atoms with Crippen LogP contribution in [0.15, 0.2) is 18.2 Å². The average molecular weight is 294 g/mol. The van der Waals surface area contributed by atoms with Crippen LogP contribution in [0.5, 0.6) is 5.75 Å². The summed E-state index contributed by atoms with van der Waals surface area (Å²) in [6, 6.07) is 6.27. The molecule has 1 N–H and O–H groups in total. The van der Waals surface area contributed by atoms with E-state index in [0.717, 1.165) is 25.2 Å². The molecule has 0 radical (unpaired) electrons. The van der Waals surface area contributed by atoms with Gasteiger partial charge in [-0.05, 0) is 37.0 Å². The van der Waals surface area contributed by atoms with E-state index in [1.165, 1.54) is 13.5 Å². The van der Waals surface area contributed by atoms with Crippen molar-refractivity contribution >= 4 is 0 Å². The predicted molar refractivity (Wildman–Crippen MR) is 84.1 cm³/mol. The van der Waals surface area contributed by atoms with Crippen molar-refractivity contribution in [3.8, 4) is 5.75 Å². The van der Waals surface area contributed by atoms with E-state index in [1.54, 1.807) is 12.1 Å². The number of piperazine rings is 1. The number of hydrogen-bond donors (Lipinski definition) is 1. The van der Waals surface area contributed by atoms with Crippen molar-refractivity contribution in [3.63, 3.8) is 0 Å². The van der Waals surface area contributed by atoms with Crippen LogP contribution in [0.25, 0.3) is 0 Å². The first-order valence-corrected chi connectivity index (χ1v) is 7.79. The van der Waals surface area contributed by atoms with Crippen LogP contribution in [0, 0.1) is 11.7 Å². The van der Waals surface area contributed by atoms with Crippen molar-refractivity contribution in [2.75, 3.05) is 20.2 Å². The maximum Gasteiger partial charge on any atom is 0.165 e. The summed E-state index contributed by atoms with van der Waals surface area (Å²) in [5, 5.41) is 3.55. The Bertz CT molecular complexity index is 464. The third-order valence-corrected chi connectivity index (χ3v) is 4.07. The van der Waals surface area contributed by atoms with E-state index >= 15 is 0 Å². The lowest BCUT2D eigenvalue weighted by Gasteiger charge is -2.40. The Balaban J connectivity index is 2.08. The van der Waals surface area contributed by atoms with Crippen molar-refractivity contribution < 1.29 is 9.13 Å². The van der Waals surface area contributed by atoms with Crippen molar-refractivity contribution in [2.45, 2.75) is 45.8 Å². The monoisotopic (exact) mass is 294 g/mol. The highest BCUT2D eigenvalue weighted by atomic mass is 19.1. The maximum atomic E-state index is 13.8. The fourth-order valence-corrected chi connectivity index (χ4v) is 3.04. The molecule has 118 valence electrons.